The highest BCUT2D eigenvalue weighted by molar-refractivity contribution is 14.0. The van der Waals surface area contributed by atoms with E-state index in [4.69, 9.17) is 16.3 Å². The molecule has 0 spiro atoms. The number of hydrogen-bond acceptors (Lipinski definition) is 3. The zero-order valence-electron chi connectivity index (χ0n) is 15.0. The van der Waals surface area contributed by atoms with Crippen LogP contribution in [0.5, 0.6) is 0 Å². The summed E-state index contributed by atoms with van der Waals surface area (Å²) in [5.74, 6) is 0.668. The van der Waals surface area contributed by atoms with Gasteiger partial charge in [0.25, 0.3) is 0 Å². The van der Waals surface area contributed by atoms with E-state index in [0.29, 0.717) is 19.6 Å². The molecular formula is C18H29ClIN3O2. The smallest absolute Gasteiger partial charge is 0.305 e. The number of hydrogen-bond donors (Lipinski definition) is 2. The number of ether oxygens (including phenoxy) is 1. The predicted octanol–water partition coefficient (Wildman–Crippen LogP) is 4.14. The summed E-state index contributed by atoms with van der Waals surface area (Å²) in [5.41, 5.74) is 1.04. The minimum Gasteiger partial charge on any atom is -0.466 e. The Bertz CT molecular complexity index is 527. The molecule has 5 nitrogen and oxygen atoms in total. The summed E-state index contributed by atoms with van der Waals surface area (Å²) in [7, 11) is 1.75. The first-order valence-corrected chi connectivity index (χ1v) is 8.88. The van der Waals surface area contributed by atoms with Crippen molar-refractivity contribution in [2.75, 3.05) is 20.2 Å². The number of guanidine groups is 1. The molecule has 0 heterocycles. The Hall–Kier alpha value is -1.02. The second-order valence-electron chi connectivity index (χ2n) is 5.41. The van der Waals surface area contributed by atoms with Gasteiger partial charge in [-0.2, -0.15) is 0 Å². The third kappa shape index (κ3) is 11.3. The maximum absolute atomic E-state index is 11.2. The van der Waals surface area contributed by atoms with Gasteiger partial charge in [0, 0.05) is 31.6 Å². The largest absolute Gasteiger partial charge is 0.466 e. The van der Waals surface area contributed by atoms with E-state index in [2.05, 4.69) is 15.6 Å². The maximum atomic E-state index is 11.2. The summed E-state index contributed by atoms with van der Waals surface area (Å²) in [6, 6.07) is 7.76. The zero-order valence-corrected chi connectivity index (χ0v) is 18.1. The Kier molecular flexibility index (Phi) is 14.6. The molecule has 0 radical (unpaired) electrons. The highest BCUT2D eigenvalue weighted by atomic mass is 127. The number of rotatable bonds is 10. The third-order valence-electron chi connectivity index (χ3n) is 3.53. The molecule has 2 N–H and O–H groups in total. The van der Waals surface area contributed by atoms with Crippen LogP contribution in [0, 0.1) is 0 Å². The second-order valence-corrected chi connectivity index (χ2v) is 5.82. The molecule has 25 heavy (non-hydrogen) atoms. The Morgan fingerprint density at radius 3 is 2.56 bits per heavy atom. The third-order valence-corrected chi connectivity index (χ3v) is 3.90. The minimum absolute atomic E-state index is 0. The van der Waals surface area contributed by atoms with Crippen molar-refractivity contribution in [3.8, 4) is 0 Å². The lowest BCUT2D eigenvalue weighted by Gasteiger charge is -2.12. The van der Waals surface area contributed by atoms with Crippen LogP contribution in [-0.2, 0) is 16.1 Å². The molecule has 0 bridgehead atoms. The normalized spacial score (nSPS) is 10.8. The van der Waals surface area contributed by atoms with Gasteiger partial charge in [0.15, 0.2) is 5.96 Å². The molecule has 0 aliphatic carbocycles. The number of carbonyl (C=O) groups excluding carboxylic acids is 1. The van der Waals surface area contributed by atoms with Crippen LogP contribution in [0.1, 0.15) is 44.6 Å². The molecule has 7 heteroatoms. The molecule has 0 atom stereocenters. The topological polar surface area (TPSA) is 62.7 Å². The van der Waals surface area contributed by atoms with Crippen molar-refractivity contribution in [1.29, 1.82) is 0 Å². The zero-order chi connectivity index (χ0) is 17.6. The minimum atomic E-state index is -0.0974. The van der Waals surface area contributed by atoms with Gasteiger partial charge < -0.3 is 15.4 Å². The van der Waals surface area contributed by atoms with E-state index in [9.17, 15) is 4.79 Å². The predicted molar refractivity (Wildman–Crippen MR) is 115 cm³/mol. The van der Waals surface area contributed by atoms with Gasteiger partial charge in [-0.3, -0.25) is 9.79 Å². The molecule has 0 saturated carbocycles. The fourth-order valence-electron chi connectivity index (χ4n) is 2.23. The Morgan fingerprint density at radius 1 is 1.16 bits per heavy atom. The Balaban J connectivity index is 0.00000576. The van der Waals surface area contributed by atoms with E-state index in [1.54, 1.807) is 7.05 Å². The van der Waals surface area contributed by atoms with Crippen LogP contribution in [-0.4, -0.2) is 32.1 Å². The maximum Gasteiger partial charge on any atom is 0.305 e. The summed E-state index contributed by atoms with van der Waals surface area (Å²) >= 11 is 6.13. The van der Waals surface area contributed by atoms with Crippen molar-refractivity contribution in [2.45, 2.75) is 45.6 Å². The number of esters is 1. The average Bonchev–Trinajstić information content (AvgIpc) is 2.58. The van der Waals surface area contributed by atoms with Crippen molar-refractivity contribution in [3.63, 3.8) is 0 Å². The number of unbranched alkanes of at least 4 members (excludes halogenated alkanes) is 3. The van der Waals surface area contributed by atoms with E-state index in [1.165, 1.54) is 0 Å². The molecule has 0 unspecified atom stereocenters. The van der Waals surface area contributed by atoms with Crippen LogP contribution in [0.2, 0.25) is 5.02 Å². The first-order valence-electron chi connectivity index (χ1n) is 8.51. The van der Waals surface area contributed by atoms with Crippen molar-refractivity contribution in [2.24, 2.45) is 4.99 Å². The van der Waals surface area contributed by atoms with Gasteiger partial charge in [-0.1, -0.05) is 42.6 Å². The first kappa shape index (κ1) is 24.0. The van der Waals surface area contributed by atoms with Crippen molar-refractivity contribution in [1.82, 2.24) is 10.6 Å². The van der Waals surface area contributed by atoms with E-state index in [1.807, 2.05) is 31.2 Å². The molecule has 0 amide bonds. The summed E-state index contributed by atoms with van der Waals surface area (Å²) in [5, 5.41) is 7.29. The van der Waals surface area contributed by atoms with Gasteiger partial charge in [-0.05, 0) is 31.4 Å². The first-order chi connectivity index (χ1) is 11.7. The summed E-state index contributed by atoms with van der Waals surface area (Å²) in [6.07, 6.45) is 4.55. The van der Waals surface area contributed by atoms with E-state index < -0.39 is 0 Å². The molecule has 1 aromatic rings. The molecule has 0 fully saturated rings. The summed E-state index contributed by atoms with van der Waals surface area (Å²) < 4.78 is 4.90. The standard InChI is InChI=1S/C18H28ClN3O2.HI/c1-3-24-17(23)12-6-4-5-9-13-21-18(20-2)22-14-15-10-7-8-11-16(15)19;/h7-8,10-11H,3-6,9,12-14H2,1-2H3,(H2,20,21,22);1H. The lowest BCUT2D eigenvalue weighted by Crippen LogP contribution is -2.37. The van der Waals surface area contributed by atoms with Crippen molar-refractivity contribution in [3.05, 3.63) is 34.9 Å². The Morgan fingerprint density at radius 2 is 1.88 bits per heavy atom. The number of carbonyl (C=O) groups is 1. The van der Waals surface area contributed by atoms with Crippen LogP contribution in [0.15, 0.2) is 29.3 Å². The molecule has 0 aromatic heterocycles. The summed E-state index contributed by atoms with van der Waals surface area (Å²) in [6.45, 7) is 3.78. The molecule has 0 aliphatic heterocycles. The van der Waals surface area contributed by atoms with Crippen molar-refractivity contribution >= 4 is 47.5 Å². The lowest BCUT2D eigenvalue weighted by atomic mass is 10.1. The van der Waals surface area contributed by atoms with Crippen LogP contribution in [0.3, 0.4) is 0 Å². The van der Waals surface area contributed by atoms with Gasteiger partial charge >= 0.3 is 5.97 Å². The Labute approximate surface area is 173 Å². The van der Waals surface area contributed by atoms with Gasteiger partial charge in [0.05, 0.1) is 6.61 Å². The molecule has 142 valence electrons. The van der Waals surface area contributed by atoms with E-state index in [-0.39, 0.29) is 29.9 Å². The average molecular weight is 482 g/mol. The number of nitrogens with zero attached hydrogens (tertiary/aromatic N) is 1. The van der Waals surface area contributed by atoms with E-state index in [0.717, 1.165) is 48.8 Å². The number of benzene rings is 1. The monoisotopic (exact) mass is 481 g/mol. The molecule has 0 saturated heterocycles. The van der Waals surface area contributed by atoms with E-state index >= 15 is 0 Å². The van der Waals surface area contributed by atoms with Gasteiger partial charge in [0.2, 0.25) is 0 Å². The quantitative estimate of drug-likeness (QED) is 0.173. The molecule has 1 aromatic carbocycles. The van der Waals surface area contributed by atoms with Crippen LogP contribution in [0.25, 0.3) is 0 Å². The van der Waals surface area contributed by atoms with Crippen LogP contribution < -0.4 is 10.6 Å². The van der Waals surface area contributed by atoms with Crippen molar-refractivity contribution < 1.29 is 9.53 Å². The number of nitrogens with one attached hydrogen (secondary N) is 2. The molecule has 0 aliphatic rings. The second kappa shape index (κ2) is 15.3. The lowest BCUT2D eigenvalue weighted by molar-refractivity contribution is -0.143. The molecular weight excluding hydrogens is 453 g/mol. The summed E-state index contributed by atoms with van der Waals surface area (Å²) in [4.78, 5) is 15.4. The van der Waals surface area contributed by atoms with Gasteiger partial charge in [0.1, 0.15) is 0 Å². The van der Waals surface area contributed by atoms with Crippen LogP contribution >= 0.6 is 35.6 Å². The fraction of sp³-hybridized carbons (Fsp3) is 0.556. The van der Waals surface area contributed by atoms with Crippen LogP contribution in [0.4, 0.5) is 0 Å². The highest BCUT2D eigenvalue weighted by Crippen LogP contribution is 2.14. The number of aliphatic imine (C=N–C) groups is 1. The van der Waals surface area contributed by atoms with Gasteiger partial charge in [-0.15, -0.1) is 24.0 Å². The highest BCUT2D eigenvalue weighted by Gasteiger charge is 2.02. The fourth-order valence-corrected chi connectivity index (χ4v) is 2.43. The molecule has 1 rings (SSSR count). The SMILES string of the molecule is CCOC(=O)CCCCCCNC(=NC)NCc1ccccc1Cl.I. The number of halogens is 2. The van der Waals surface area contributed by atoms with Gasteiger partial charge in [-0.25, -0.2) is 0 Å².